The first-order chi connectivity index (χ1) is 32.2. The molecule has 0 spiro atoms. The second-order valence-corrected chi connectivity index (χ2v) is 16.8. The highest BCUT2D eigenvalue weighted by Crippen LogP contribution is 2.57. The van der Waals surface area contributed by atoms with Crippen LogP contribution in [0.25, 0.3) is 72.9 Å². The number of imidazole rings is 1. The lowest BCUT2D eigenvalue weighted by atomic mass is 9.67. The molecule has 2 aliphatic rings. The third kappa shape index (κ3) is 5.69. The number of fused-ring (bicyclic) bond motifs is 10. The van der Waals surface area contributed by atoms with Crippen LogP contribution >= 0.6 is 0 Å². The molecule has 1 aliphatic heterocycles. The van der Waals surface area contributed by atoms with Gasteiger partial charge in [-0.25, -0.2) is 15.0 Å². The van der Waals surface area contributed by atoms with Crippen molar-refractivity contribution in [2.24, 2.45) is 0 Å². The summed E-state index contributed by atoms with van der Waals surface area (Å²) in [6, 6.07) is 84.5. The molecule has 0 saturated heterocycles. The van der Waals surface area contributed by atoms with Crippen LogP contribution in [0, 0.1) is 0 Å². The Bertz CT molecular complexity index is 3560. The molecule has 13 rings (SSSR count). The molecular formula is C60H39N5. The minimum absolute atomic E-state index is 0.522. The number of aromatic nitrogens is 4. The number of anilines is 3. The van der Waals surface area contributed by atoms with Gasteiger partial charge in [-0.3, -0.25) is 9.47 Å². The van der Waals surface area contributed by atoms with E-state index in [-0.39, 0.29) is 0 Å². The third-order valence-corrected chi connectivity index (χ3v) is 13.3. The Hall–Kier alpha value is -8.67. The average molecular weight is 830 g/mol. The molecule has 3 heterocycles. The van der Waals surface area contributed by atoms with Gasteiger partial charge in [0.15, 0.2) is 5.82 Å². The Morgan fingerprint density at radius 1 is 0.354 bits per heavy atom. The maximum Gasteiger partial charge on any atom is 0.220 e. The quantitative estimate of drug-likeness (QED) is 0.167. The van der Waals surface area contributed by atoms with Gasteiger partial charge in [-0.05, 0) is 81.9 Å². The van der Waals surface area contributed by atoms with Crippen LogP contribution in [0.3, 0.4) is 0 Å². The second-order valence-electron chi connectivity index (χ2n) is 16.8. The van der Waals surface area contributed by atoms with E-state index in [0.717, 1.165) is 73.2 Å². The highest BCUT2D eigenvalue weighted by Gasteiger charge is 2.46. The van der Waals surface area contributed by atoms with Crippen LogP contribution in [0.15, 0.2) is 237 Å². The molecule has 0 unspecified atom stereocenters. The van der Waals surface area contributed by atoms with Gasteiger partial charge in [-0.15, -0.1) is 0 Å². The van der Waals surface area contributed by atoms with Crippen LogP contribution in [0.1, 0.15) is 22.3 Å². The summed E-state index contributed by atoms with van der Waals surface area (Å²) in [5, 5.41) is 0. The molecule has 5 nitrogen and oxygen atoms in total. The Morgan fingerprint density at radius 2 is 0.892 bits per heavy atom. The van der Waals surface area contributed by atoms with Crippen LogP contribution in [-0.2, 0) is 5.41 Å². The van der Waals surface area contributed by atoms with Crippen molar-refractivity contribution in [3.05, 3.63) is 259 Å². The van der Waals surface area contributed by atoms with Crippen molar-refractivity contribution >= 4 is 28.4 Å². The van der Waals surface area contributed by atoms with Crippen molar-refractivity contribution in [1.29, 1.82) is 0 Å². The molecule has 65 heavy (non-hydrogen) atoms. The number of rotatable bonds is 6. The third-order valence-electron chi connectivity index (χ3n) is 13.3. The van der Waals surface area contributed by atoms with Crippen LogP contribution in [-0.4, -0.2) is 19.5 Å². The molecule has 2 aromatic heterocycles. The lowest BCUT2D eigenvalue weighted by Crippen LogP contribution is -2.28. The fourth-order valence-electron chi connectivity index (χ4n) is 10.4. The Balaban J connectivity index is 0.976. The number of hydrogen-bond acceptors (Lipinski definition) is 4. The van der Waals surface area contributed by atoms with Crippen molar-refractivity contribution in [3.63, 3.8) is 0 Å². The molecule has 0 saturated carbocycles. The van der Waals surface area contributed by atoms with Crippen LogP contribution in [0.2, 0.25) is 0 Å². The largest absolute Gasteiger partial charge is 0.280 e. The average Bonchev–Trinajstić information content (AvgIpc) is 3.87. The van der Waals surface area contributed by atoms with Crippen molar-refractivity contribution in [1.82, 2.24) is 19.5 Å². The van der Waals surface area contributed by atoms with E-state index in [9.17, 15) is 0 Å². The number of hydrogen-bond donors (Lipinski definition) is 0. The first kappa shape index (κ1) is 36.9. The first-order valence-corrected chi connectivity index (χ1v) is 22.1. The highest BCUT2D eigenvalue weighted by molar-refractivity contribution is 5.97. The predicted octanol–water partition coefficient (Wildman–Crippen LogP) is 14.6. The van der Waals surface area contributed by atoms with Gasteiger partial charge in [0.05, 0.1) is 39.2 Å². The zero-order valence-corrected chi connectivity index (χ0v) is 35.3. The molecule has 0 bridgehead atoms. The number of nitrogens with zero attached hydrogens (tertiary/aromatic N) is 5. The van der Waals surface area contributed by atoms with Gasteiger partial charge in [0.1, 0.15) is 0 Å². The Morgan fingerprint density at radius 3 is 1.62 bits per heavy atom. The monoisotopic (exact) mass is 829 g/mol. The molecule has 0 atom stereocenters. The van der Waals surface area contributed by atoms with Crippen molar-refractivity contribution in [2.75, 3.05) is 4.90 Å². The van der Waals surface area contributed by atoms with Crippen LogP contribution < -0.4 is 4.90 Å². The van der Waals surface area contributed by atoms with E-state index in [2.05, 4.69) is 228 Å². The smallest absolute Gasteiger partial charge is 0.220 e. The van der Waals surface area contributed by atoms with E-state index in [1.807, 2.05) is 18.2 Å². The topological polar surface area (TPSA) is 46.8 Å². The molecule has 11 aromatic rings. The Kier molecular flexibility index (Phi) is 8.36. The summed E-state index contributed by atoms with van der Waals surface area (Å²) in [7, 11) is 0. The van der Waals surface area contributed by atoms with Gasteiger partial charge in [0.2, 0.25) is 5.95 Å². The fraction of sp³-hybridized carbons (Fsp3) is 0.0167. The standard InChI is InChI=1S/C60H39N5/c1-4-18-41(19-5-1)58-61-53(39-54(62-58)42-34-37-47-46-24-10-13-27-50(46)60(51(47)38-42,43-20-6-2-7-21-43)44-22-8-3-9-23-44)40-32-35-45(36-33-40)64-55-29-15-11-25-48(55)49-26-12-16-30-56(49)65-57-31-17-14-28-52(57)63-59(64)65/h1-39H. The molecule has 0 N–H and O–H groups in total. The summed E-state index contributed by atoms with van der Waals surface area (Å²) in [5.74, 6) is 1.52. The summed E-state index contributed by atoms with van der Waals surface area (Å²) in [6.45, 7) is 0. The molecular weight excluding hydrogens is 791 g/mol. The second kappa shape index (κ2) is 14.7. The zero-order valence-electron chi connectivity index (χ0n) is 35.3. The van der Waals surface area contributed by atoms with Crippen molar-refractivity contribution in [2.45, 2.75) is 5.41 Å². The van der Waals surface area contributed by atoms with Gasteiger partial charge in [-0.1, -0.05) is 188 Å². The summed E-state index contributed by atoms with van der Waals surface area (Å²) in [5.41, 5.74) is 19.1. The lowest BCUT2D eigenvalue weighted by Gasteiger charge is -2.34. The van der Waals surface area contributed by atoms with E-state index in [1.54, 1.807) is 0 Å². The molecule has 0 fully saturated rings. The normalized spacial score (nSPS) is 13.0. The van der Waals surface area contributed by atoms with E-state index in [1.165, 1.54) is 33.4 Å². The molecule has 1 aliphatic carbocycles. The van der Waals surface area contributed by atoms with Crippen molar-refractivity contribution < 1.29 is 0 Å². The molecule has 0 radical (unpaired) electrons. The maximum absolute atomic E-state index is 5.33. The van der Waals surface area contributed by atoms with Gasteiger partial charge in [0, 0.05) is 33.5 Å². The molecule has 304 valence electrons. The maximum atomic E-state index is 5.33. The van der Waals surface area contributed by atoms with E-state index < -0.39 is 5.41 Å². The van der Waals surface area contributed by atoms with Gasteiger partial charge < -0.3 is 0 Å². The lowest BCUT2D eigenvalue weighted by molar-refractivity contribution is 0.768. The van der Waals surface area contributed by atoms with Gasteiger partial charge in [0.25, 0.3) is 0 Å². The molecule has 0 amide bonds. The highest BCUT2D eigenvalue weighted by atomic mass is 15.3. The van der Waals surface area contributed by atoms with E-state index in [0.29, 0.717) is 5.82 Å². The van der Waals surface area contributed by atoms with Gasteiger partial charge in [-0.2, -0.15) is 0 Å². The minimum atomic E-state index is -0.522. The van der Waals surface area contributed by atoms with E-state index >= 15 is 0 Å². The SMILES string of the molecule is c1ccc(-c2nc(-c3ccc(N4c5ccccc5-c5ccccc5-n5c4nc4ccccc45)cc3)cc(-c3ccc4c(c3)C(c3ccccc3)(c3ccccc3)c3ccccc3-4)n2)cc1. The van der Waals surface area contributed by atoms with E-state index in [4.69, 9.17) is 15.0 Å². The minimum Gasteiger partial charge on any atom is -0.280 e. The molecule has 5 heteroatoms. The van der Waals surface area contributed by atoms with Gasteiger partial charge >= 0.3 is 0 Å². The summed E-state index contributed by atoms with van der Waals surface area (Å²) in [4.78, 5) is 18.2. The van der Waals surface area contributed by atoms with Crippen molar-refractivity contribution in [3.8, 4) is 61.8 Å². The Labute approximate surface area is 377 Å². The number of benzene rings is 9. The number of para-hydroxylation sites is 4. The van der Waals surface area contributed by atoms with Crippen LogP contribution in [0.4, 0.5) is 17.3 Å². The fourth-order valence-corrected chi connectivity index (χ4v) is 10.4. The summed E-state index contributed by atoms with van der Waals surface area (Å²) >= 11 is 0. The summed E-state index contributed by atoms with van der Waals surface area (Å²) in [6.07, 6.45) is 0. The predicted molar refractivity (Wildman–Crippen MR) is 264 cm³/mol. The summed E-state index contributed by atoms with van der Waals surface area (Å²) < 4.78 is 2.29. The van der Waals surface area contributed by atoms with Crippen LogP contribution in [0.5, 0.6) is 0 Å². The first-order valence-electron chi connectivity index (χ1n) is 22.1. The zero-order chi connectivity index (χ0) is 42.9. The molecule has 9 aromatic carbocycles.